The van der Waals surface area contributed by atoms with Crippen molar-refractivity contribution in [3.05, 3.63) is 63.1 Å². The van der Waals surface area contributed by atoms with Crippen molar-refractivity contribution in [3.8, 4) is 0 Å². The van der Waals surface area contributed by atoms with E-state index in [1.807, 2.05) is 0 Å². The van der Waals surface area contributed by atoms with E-state index < -0.39 is 0 Å². The number of aromatic nitrogens is 1. The standard InChI is InChI=1S/C13H12BrClFN3/c14-10-7-9(16)4-3-8(10)6-12(19-17)13-11(15)2-1-5-18-13/h1-5,7,12,19H,6,17H2. The number of benzene rings is 1. The molecule has 0 amide bonds. The topological polar surface area (TPSA) is 50.9 Å². The first-order valence-corrected chi connectivity index (χ1v) is 6.79. The normalized spacial score (nSPS) is 12.4. The third kappa shape index (κ3) is 3.51. The number of nitrogens with one attached hydrogen (secondary N) is 1. The summed E-state index contributed by atoms with van der Waals surface area (Å²) in [6.07, 6.45) is 2.21. The minimum Gasteiger partial charge on any atom is -0.271 e. The molecule has 1 unspecified atom stereocenters. The lowest BCUT2D eigenvalue weighted by molar-refractivity contribution is 0.536. The van der Waals surface area contributed by atoms with Gasteiger partial charge in [-0.15, -0.1) is 0 Å². The van der Waals surface area contributed by atoms with Gasteiger partial charge in [-0.2, -0.15) is 0 Å². The summed E-state index contributed by atoms with van der Waals surface area (Å²) >= 11 is 9.43. The molecule has 0 spiro atoms. The van der Waals surface area contributed by atoms with Crippen LogP contribution in [-0.4, -0.2) is 4.98 Å². The molecule has 1 aromatic heterocycles. The van der Waals surface area contributed by atoms with Crippen molar-refractivity contribution in [2.75, 3.05) is 0 Å². The Labute approximate surface area is 124 Å². The van der Waals surface area contributed by atoms with Crippen molar-refractivity contribution in [2.24, 2.45) is 5.84 Å². The zero-order valence-corrected chi connectivity index (χ0v) is 12.2. The Morgan fingerprint density at radius 1 is 1.42 bits per heavy atom. The van der Waals surface area contributed by atoms with Crippen LogP contribution in [0.1, 0.15) is 17.3 Å². The highest BCUT2D eigenvalue weighted by Crippen LogP contribution is 2.26. The van der Waals surface area contributed by atoms with Crippen LogP contribution in [0.15, 0.2) is 41.0 Å². The Hall–Kier alpha value is -1.01. The quantitative estimate of drug-likeness (QED) is 0.660. The Morgan fingerprint density at radius 3 is 2.84 bits per heavy atom. The highest BCUT2D eigenvalue weighted by Gasteiger charge is 2.16. The average molecular weight is 345 g/mol. The van der Waals surface area contributed by atoms with E-state index >= 15 is 0 Å². The van der Waals surface area contributed by atoms with E-state index in [2.05, 4.69) is 26.3 Å². The third-order valence-electron chi connectivity index (χ3n) is 2.76. The SMILES string of the molecule is NNC(Cc1ccc(F)cc1Br)c1ncccc1Cl. The van der Waals surface area contributed by atoms with Crippen LogP contribution < -0.4 is 11.3 Å². The lowest BCUT2D eigenvalue weighted by Crippen LogP contribution is -2.30. The molecule has 1 heterocycles. The van der Waals surface area contributed by atoms with Crippen LogP contribution in [0, 0.1) is 5.82 Å². The molecule has 6 heteroatoms. The molecule has 0 fully saturated rings. The van der Waals surface area contributed by atoms with Gasteiger partial charge in [0.2, 0.25) is 0 Å². The molecule has 2 aromatic rings. The molecule has 2 rings (SSSR count). The minimum atomic E-state index is -0.288. The summed E-state index contributed by atoms with van der Waals surface area (Å²) in [5, 5.41) is 0.545. The number of hydrazine groups is 1. The monoisotopic (exact) mass is 343 g/mol. The average Bonchev–Trinajstić information content (AvgIpc) is 2.39. The van der Waals surface area contributed by atoms with Crippen LogP contribution in [0.25, 0.3) is 0 Å². The molecule has 0 bridgehead atoms. The fraction of sp³-hybridized carbons (Fsp3) is 0.154. The molecule has 3 nitrogen and oxygen atoms in total. The van der Waals surface area contributed by atoms with Gasteiger partial charge in [-0.3, -0.25) is 16.3 Å². The van der Waals surface area contributed by atoms with Crippen LogP contribution in [-0.2, 0) is 6.42 Å². The van der Waals surface area contributed by atoms with E-state index in [9.17, 15) is 4.39 Å². The predicted molar refractivity (Wildman–Crippen MR) is 77.1 cm³/mol. The van der Waals surface area contributed by atoms with Crippen molar-refractivity contribution in [1.82, 2.24) is 10.4 Å². The second kappa shape index (κ2) is 6.43. The number of hydrogen-bond acceptors (Lipinski definition) is 3. The lowest BCUT2D eigenvalue weighted by atomic mass is 10.0. The number of hydrogen-bond donors (Lipinski definition) is 2. The first kappa shape index (κ1) is 14.4. The van der Waals surface area contributed by atoms with Gasteiger partial charge in [0.05, 0.1) is 16.8 Å². The number of nitrogens with zero attached hydrogens (tertiary/aromatic N) is 1. The van der Waals surface area contributed by atoms with E-state index in [1.165, 1.54) is 12.1 Å². The van der Waals surface area contributed by atoms with Crippen LogP contribution in [0.3, 0.4) is 0 Å². The van der Waals surface area contributed by atoms with Gasteiger partial charge in [0.25, 0.3) is 0 Å². The molecule has 100 valence electrons. The summed E-state index contributed by atoms with van der Waals surface area (Å²) in [6.45, 7) is 0. The lowest BCUT2D eigenvalue weighted by Gasteiger charge is -2.17. The highest BCUT2D eigenvalue weighted by molar-refractivity contribution is 9.10. The summed E-state index contributed by atoms with van der Waals surface area (Å²) in [4.78, 5) is 4.23. The number of rotatable bonds is 4. The summed E-state index contributed by atoms with van der Waals surface area (Å²) in [5.74, 6) is 5.28. The van der Waals surface area contributed by atoms with Gasteiger partial charge >= 0.3 is 0 Å². The van der Waals surface area contributed by atoms with Gasteiger partial charge in [-0.05, 0) is 36.2 Å². The first-order chi connectivity index (χ1) is 9.11. The van der Waals surface area contributed by atoms with Crippen LogP contribution in [0.2, 0.25) is 5.02 Å². The van der Waals surface area contributed by atoms with E-state index in [4.69, 9.17) is 17.4 Å². The van der Waals surface area contributed by atoms with Crippen LogP contribution in [0.5, 0.6) is 0 Å². The van der Waals surface area contributed by atoms with Gasteiger partial charge in [0.15, 0.2) is 0 Å². The van der Waals surface area contributed by atoms with Crippen molar-refractivity contribution < 1.29 is 4.39 Å². The van der Waals surface area contributed by atoms with E-state index in [1.54, 1.807) is 24.4 Å². The van der Waals surface area contributed by atoms with Gasteiger partial charge in [0.1, 0.15) is 5.82 Å². The van der Waals surface area contributed by atoms with Crippen LogP contribution >= 0.6 is 27.5 Å². The predicted octanol–water partition coefficient (Wildman–Crippen LogP) is 3.38. The molecular formula is C13H12BrClFN3. The maximum Gasteiger partial charge on any atom is 0.124 e. The van der Waals surface area contributed by atoms with Gasteiger partial charge < -0.3 is 0 Å². The first-order valence-electron chi connectivity index (χ1n) is 5.62. The molecule has 0 saturated carbocycles. The molecule has 1 atom stereocenters. The van der Waals surface area contributed by atoms with Gasteiger partial charge in [0, 0.05) is 10.7 Å². The van der Waals surface area contributed by atoms with Crippen molar-refractivity contribution in [2.45, 2.75) is 12.5 Å². The van der Waals surface area contributed by atoms with Gasteiger partial charge in [-0.1, -0.05) is 33.6 Å². The highest BCUT2D eigenvalue weighted by atomic mass is 79.9. The Morgan fingerprint density at radius 2 is 2.21 bits per heavy atom. The number of halogens is 3. The second-order valence-electron chi connectivity index (χ2n) is 4.03. The molecule has 0 aliphatic heterocycles. The molecule has 0 saturated heterocycles. The van der Waals surface area contributed by atoms with E-state index in [0.29, 0.717) is 21.6 Å². The zero-order valence-electron chi connectivity index (χ0n) is 9.91. The maximum absolute atomic E-state index is 13.1. The van der Waals surface area contributed by atoms with E-state index in [0.717, 1.165) is 5.56 Å². The smallest absolute Gasteiger partial charge is 0.124 e. The maximum atomic E-state index is 13.1. The van der Waals surface area contributed by atoms with Crippen molar-refractivity contribution >= 4 is 27.5 Å². The Balaban J connectivity index is 2.27. The van der Waals surface area contributed by atoms with Crippen molar-refractivity contribution in [1.29, 1.82) is 0 Å². The largest absolute Gasteiger partial charge is 0.271 e. The summed E-state index contributed by atoms with van der Waals surface area (Å²) in [5.41, 5.74) is 4.28. The fourth-order valence-corrected chi connectivity index (χ4v) is 2.56. The fourth-order valence-electron chi connectivity index (χ4n) is 1.80. The Bertz CT molecular complexity index is 580. The molecular weight excluding hydrogens is 333 g/mol. The molecule has 0 radical (unpaired) electrons. The minimum absolute atomic E-state index is 0.240. The summed E-state index contributed by atoms with van der Waals surface area (Å²) < 4.78 is 13.7. The second-order valence-corrected chi connectivity index (χ2v) is 5.29. The summed E-state index contributed by atoms with van der Waals surface area (Å²) in [7, 11) is 0. The molecule has 3 N–H and O–H groups in total. The molecule has 19 heavy (non-hydrogen) atoms. The summed E-state index contributed by atoms with van der Waals surface area (Å²) in [6, 6.07) is 7.81. The van der Waals surface area contributed by atoms with E-state index in [-0.39, 0.29) is 11.9 Å². The molecule has 0 aliphatic carbocycles. The van der Waals surface area contributed by atoms with Gasteiger partial charge in [-0.25, -0.2) is 4.39 Å². The zero-order chi connectivity index (χ0) is 13.8. The molecule has 1 aromatic carbocycles. The number of nitrogens with two attached hydrogens (primary N) is 1. The Kier molecular flexibility index (Phi) is 4.87. The molecule has 0 aliphatic rings. The van der Waals surface area contributed by atoms with Crippen LogP contribution in [0.4, 0.5) is 4.39 Å². The van der Waals surface area contributed by atoms with Crippen molar-refractivity contribution in [3.63, 3.8) is 0 Å². The number of pyridine rings is 1. The third-order valence-corrected chi connectivity index (χ3v) is 3.82.